The van der Waals surface area contributed by atoms with Crippen molar-refractivity contribution < 1.29 is 35.2 Å². The molecule has 1 atom stereocenters. The van der Waals surface area contributed by atoms with Crippen LogP contribution in [0.5, 0.6) is 0 Å². The molecule has 0 N–H and O–H groups in total. The Bertz CT molecular complexity index is 282. The fourth-order valence-corrected chi connectivity index (χ4v) is 4.98. The fraction of sp³-hybridized carbons (Fsp3) is 1.00. The molecule has 108 valence electrons. The maximum atomic E-state index is 12.8. The van der Waals surface area contributed by atoms with Gasteiger partial charge in [0.25, 0.3) is 5.60 Å². The fourth-order valence-electron chi connectivity index (χ4n) is 2.12. The molecule has 1 aliphatic rings. The molecule has 1 unspecified atom stereocenters. The first-order valence-corrected chi connectivity index (χ1v) is 7.65. The number of hydrogen-bond donors (Lipinski definition) is 0. The van der Waals surface area contributed by atoms with Crippen LogP contribution >= 0.6 is 0 Å². The van der Waals surface area contributed by atoms with E-state index in [1.807, 2.05) is 0 Å². The minimum Gasteiger partial charge on any atom is -0.398 e. The topological polar surface area (TPSA) is 18.5 Å². The first-order chi connectivity index (χ1) is 8.04. The Labute approximate surface area is 102 Å². The molecule has 0 aromatic rings. The molecule has 18 heavy (non-hydrogen) atoms. The summed E-state index contributed by atoms with van der Waals surface area (Å²) in [6.07, 6.45) is -12.3. The van der Waals surface area contributed by atoms with Crippen molar-refractivity contribution >= 4 is 8.56 Å². The van der Waals surface area contributed by atoms with Crippen molar-refractivity contribution in [2.24, 2.45) is 0 Å². The average Bonchev–Trinajstić information content (AvgIpc) is 2.26. The Balaban J connectivity index is 3.21. The lowest BCUT2D eigenvalue weighted by Gasteiger charge is -2.46. The summed E-state index contributed by atoms with van der Waals surface area (Å²) >= 11 is 0. The Morgan fingerprint density at radius 2 is 1.67 bits per heavy atom. The Morgan fingerprint density at radius 1 is 1.17 bits per heavy atom. The molecule has 1 fully saturated rings. The van der Waals surface area contributed by atoms with Gasteiger partial charge in [0.2, 0.25) is 0 Å². The van der Waals surface area contributed by atoms with E-state index >= 15 is 0 Å². The van der Waals surface area contributed by atoms with Gasteiger partial charge >= 0.3 is 20.9 Å². The highest BCUT2D eigenvalue weighted by atomic mass is 28.4. The highest BCUT2D eigenvalue weighted by molar-refractivity contribution is 6.67. The van der Waals surface area contributed by atoms with Crippen molar-refractivity contribution in [3.8, 4) is 0 Å². The molecule has 0 saturated carbocycles. The number of rotatable bonds is 2. The molecule has 0 amide bonds. The molecule has 0 spiro atoms. The first-order valence-electron chi connectivity index (χ1n) is 5.42. The third-order valence-corrected chi connectivity index (χ3v) is 6.93. The van der Waals surface area contributed by atoms with Crippen LogP contribution in [0, 0.1) is 0 Å². The monoisotopic (exact) mass is 296 g/mol. The minimum atomic E-state index is -5.49. The largest absolute Gasteiger partial charge is 0.425 e. The smallest absolute Gasteiger partial charge is 0.398 e. The molecule has 2 nitrogen and oxygen atoms in total. The van der Waals surface area contributed by atoms with Gasteiger partial charge in [-0.2, -0.15) is 26.3 Å². The van der Waals surface area contributed by atoms with Crippen LogP contribution in [-0.2, 0) is 8.85 Å². The maximum Gasteiger partial charge on any atom is 0.425 e. The second-order valence-corrected chi connectivity index (χ2v) is 7.89. The van der Waals surface area contributed by atoms with Crippen LogP contribution in [0.25, 0.3) is 0 Å². The van der Waals surface area contributed by atoms with Gasteiger partial charge in [-0.05, 0) is 24.9 Å². The van der Waals surface area contributed by atoms with Gasteiger partial charge in [-0.1, -0.05) is 6.92 Å². The van der Waals surface area contributed by atoms with Gasteiger partial charge in [0, 0.05) is 7.11 Å². The summed E-state index contributed by atoms with van der Waals surface area (Å²) in [7, 11) is -2.32. The van der Waals surface area contributed by atoms with E-state index in [0.717, 1.165) is 7.11 Å². The lowest BCUT2D eigenvalue weighted by molar-refractivity contribution is -0.368. The molecule has 0 radical (unpaired) electrons. The van der Waals surface area contributed by atoms with Crippen LogP contribution in [0.3, 0.4) is 0 Å². The molecule has 1 heterocycles. The molecule has 0 aliphatic carbocycles. The quantitative estimate of drug-likeness (QED) is 0.570. The summed E-state index contributed by atoms with van der Waals surface area (Å²) in [6, 6.07) is 0.200. The zero-order chi connectivity index (χ0) is 14.2. The van der Waals surface area contributed by atoms with Crippen LogP contribution in [0.2, 0.25) is 12.1 Å². The predicted octanol–water partition coefficient (Wildman–Crippen LogP) is 3.77. The normalized spacial score (nSPS) is 29.3. The SMILES string of the molecule is CC[Si]1(OC)CCCC(C(F)(F)F)(C(F)(F)F)O1. The molecule has 1 aliphatic heterocycles. The molecule has 0 aromatic carbocycles. The second kappa shape index (κ2) is 4.68. The van der Waals surface area contributed by atoms with E-state index in [1.54, 1.807) is 0 Å². The van der Waals surface area contributed by atoms with Gasteiger partial charge < -0.3 is 8.85 Å². The van der Waals surface area contributed by atoms with Crippen molar-refractivity contribution in [1.29, 1.82) is 0 Å². The van der Waals surface area contributed by atoms with Gasteiger partial charge in [0.15, 0.2) is 0 Å². The summed E-state index contributed by atoms with van der Waals surface area (Å²) in [5.41, 5.74) is -4.07. The van der Waals surface area contributed by atoms with E-state index in [0.29, 0.717) is 0 Å². The first kappa shape index (κ1) is 15.8. The van der Waals surface area contributed by atoms with Crippen LogP contribution in [0.15, 0.2) is 0 Å². The van der Waals surface area contributed by atoms with Gasteiger partial charge in [-0.15, -0.1) is 0 Å². The molecular weight excluding hydrogens is 282 g/mol. The Morgan fingerprint density at radius 3 is 2.00 bits per heavy atom. The number of hydrogen-bond acceptors (Lipinski definition) is 2. The Hall–Kier alpha value is -0.283. The van der Waals surface area contributed by atoms with Crippen molar-refractivity contribution in [3.05, 3.63) is 0 Å². The molecular formula is C9H14F6O2Si. The van der Waals surface area contributed by atoms with Crippen LogP contribution in [-0.4, -0.2) is 33.6 Å². The van der Waals surface area contributed by atoms with Crippen LogP contribution < -0.4 is 0 Å². The average molecular weight is 296 g/mol. The van der Waals surface area contributed by atoms with Crippen molar-refractivity contribution in [1.82, 2.24) is 0 Å². The zero-order valence-corrected chi connectivity index (χ0v) is 10.9. The molecule has 0 aromatic heterocycles. The van der Waals surface area contributed by atoms with E-state index in [1.165, 1.54) is 6.92 Å². The molecule has 0 bridgehead atoms. The van der Waals surface area contributed by atoms with E-state index in [-0.39, 0.29) is 18.5 Å². The number of halogens is 6. The van der Waals surface area contributed by atoms with E-state index in [2.05, 4.69) is 4.43 Å². The van der Waals surface area contributed by atoms with Gasteiger partial charge in [0.1, 0.15) is 0 Å². The molecule has 1 saturated heterocycles. The van der Waals surface area contributed by atoms with Crippen molar-refractivity contribution in [2.45, 2.75) is 49.8 Å². The number of alkyl halides is 6. The summed E-state index contributed by atoms with van der Waals surface area (Å²) in [5.74, 6) is 0. The lowest BCUT2D eigenvalue weighted by Crippen LogP contribution is -2.66. The van der Waals surface area contributed by atoms with Gasteiger partial charge in [-0.25, -0.2) is 0 Å². The van der Waals surface area contributed by atoms with E-state index in [4.69, 9.17) is 4.43 Å². The summed E-state index contributed by atoms with van der Waals surface area (Å²) in [4.78, 5) is 0. The van der Waals surface area contributed by atoms with Crippen LogP contribution in [0.1, 0.15) is 19.8 Å². The van der Waals surface area contributed by atoms with Crippen molar-refractivity contribution in [3.63, 3.8) is 0 Å². The molecule has 9 heteroatoms. The zero-order valence-electron chi connectivity index (χ0n) is 9.91. The highest BCUT2D eigenvalue weighted by Crippen LogP contribution is 2.53. The predicted molar refractivity (Wildman–Crippen MR) is 53.2 cm³/mol. The van der Waals surface area contributed by atoms with E-state index < -0.39 is 32.9 Å². The minimum absolute atomic E-state index is 0.0530. The van der Waals surface area contributed by atoms with Gasteiger partial charge in [-0.3, -0.25) is 0 Å². The maximum absolute atomic E-state index is 12.8. The lowest BCUT2D eigenvalue weighted by atomic mass is 9.96. The van der Waals surface area contributed by atoms with E-state index in [9.17, 15) is 26.3 Å². The third-order valence-electron chi connectivity index (χ3n) is 3.27. The van der Waals surface area contributed by atoms with Crippen molar-refractivity contribution in [2.75, 3.05) is 7.11 Å². The summed E-state index contributed by atoms with van der Waals surface area (Å²) in [6.45, 7) is 1.48. The third kappa shape index (κ3) is 2.39. The standard InChI is InChI=1S/C9H14F6O2Si/c1-3-18(16-2)6-4-5-7(17-18,8(10,11)12)9(13,14)15/h3-6H2,1-2H3. The van der Waals surface area contributed by atoms with Crippen LogP contribution in [0.4, 0.5) is 26.3 Å². The summed E-state index contributed by atoms with van der Waals surface area (Å²) in [5, 5.41) is 0. The van der Waals surface area contributed by atoms with Gasteiger partial charge in [0.05, 0.1) is 0 Å². The molecule has 1 rings (SSSR count). The highest BCUT2D eigenvalue weighted by Gasteiger charge is 2.75. The second-order valence-electron chi connectivity index (χ2n) is 4.25. The summed E-state index contributed by atoms with van der Waals surface area (Å²) < 4.78 is 86.4. The Kier molecular flexibility index (Phi) is 4.10.